The lowest BCUT2D eigenvalue weighted by molar-refractivity contribution is -0.136. The van der Waals surface area contributed by atoms with Gasteiger partial charge in [-0.3, -0.25) is 13.9 Å². The molecular weight excluding hydrogens is 421 g/mol. The van der Waals surface area contributed by atoms with Crippen LogP contribution in [0, 0.1) is 6.92 Å². The summed E-state index contributed by atoms with van der Waals surface area (Å²) in [4.78, 5) is 26.0. The molecule has 1 aliphatic heterocycles. The van der Waals surface area contributed by atoms with E-state index in [-0.39, 0.29) is 36.4 Å². The SMILES string of the molecule is CCn1c(=O)c2c(C)c(CN3CCNS3(=O)=O)sc2n(CCC(F)(F)F)c1=O. The van der Waals surface area contributed by atoms with E-state index in [0.717, 1.165) is 20.5 Å². The summed E-state index contributed by atoms with van der Waals surface area (Å²) in [5, 5.41) is 0.160. The number of thiophene rings is 1. The van der Waals surface area contributed by atoms with Gasteiger partial charge in [0.25, 0.3) is 15.8 Å². The molecule has 156 valence electrons. The Hall–Kier alpha value is -1.70. The molecular formula is C15H19F3N4O4S2. The molecule has 0 amide bonds. The standard InChI is InChI=1S/C15H19F3N4O4S2/c1-3-21-12(23)11-9(2)10(8-20-7-5-19-28(20,25)26)27-13(11)22(14(21)24)6-4-15(16,17)18/h19H,3-8H2,1-2H3. The molecule has 0 radical (unpaired) electrons. The van der Waals surface area contributed by atoms with Gasteiger partial charge < -0.3 is 0 Å². The zero-order chi connectivity index (χ0) is 20.9. The van der Waals surface area contributed by atoms with E-state index in [2.05, 4.69) is 4.72 Å². The summed E-state index contributed by atoms with van der Waals surface area (Å²) in [6.45, 7) is 3.08. The number of hydrogen-bond donors (Lipinski definition) is 1. The van der Waals surface area contributed by atoms with Crippen LogP contribution in [-0.4, -0.2) is 41.1 Å². The monoisotopic (exact) mass is 440 g/mol. The molecule has 3 heterocycles. The fourth-order valence-electron chi connectivity index (χ4n) is 3.14. The van der Waals surface area contributed by atoms with Crippen molar-refractivity contribution >= 4 is 31.8 Å². The number of nitrogens with zero attached hydrogens (tertiary/aromatic N) is 3. The average Bonchev–Trinajstić information content (AvgIpc) is 3.07. The Morgan fingerprint density at radius 3 is 2.43 bits per heavy atom. The molecule has 1 N–H and O–H groups in total. The quantitative estimate of drug-likeness (QED) is 0.755. The molecule has 0 spiro atoms. The highest BCUT2D eigenvalue weighted by Gasteiger charge is 2.31. The van der Waals surface area contributed by atoms with Gasteiger partial charge >= 0.3 is 11.9 Å². The van der Waals surface area contributed by atoms with Crippen LogP contribution >= 0.6 is 11.3 Å². The number of aryl methyl sites for hydroxylation is 2. The molecule has 3 rings (SSSR count). The first-order valence-corrected chi connectivity index (χ1v) is 10.8. The van der Waals surface area contributed by atoms with Crippen LogP contribution in [0.2, 0.25) is 0 Å². The highest BCUT2D eigenvalue weighted by atomic mass is 32.2. The lowest BCUT2D eigenvalue weighted by Crippen LogP contribution is -2.39. The number of hydrogen-bond acceptors (Lipinski definition) is 5. The van der Waals surface area contributed by atoms with Gasteiger partial charge in [0.1, 0.15) is 4.83 Å². The second kappa shape index (κ2) is 7.28. The maximum absolute atomic E-state index is 12.7. The number of rotatable bonds is 5. The molecule has 2 aromatic heterocycles. The van der Waals surface area contributed by atoms with Crippen molar-refractivity contribution in [2.45, 2.75) is 46.1 Å². The van der Waals surface area contributed by atoms with E-state index in [1.807, 2.05) is 0 Å². The molecule has 0 aliphatic carbocycles. The van der Waals surface area contributed by atoms with Crippen molar-refractivity contribution in [3.8, 4) is 0 Å². The topological polar surface area (TPSA) is 93.4 Å². The summed E-state index contributed by atoms with van der Waals surface area (Å²) in [6, 6.07) is 0. The minimum Gasteiger partial charge on any atom is -0.284 e. The van der Waals surface area contributed by atoms with Crippen LogP contribution in [0.4, 0.5) is 13.2 Å². The summed E-state index contributed by atoms with van der Waals surface area (Å²) >= 11 is 0.985. The third-order valence-corrected chi connectivity index (χ3v) is 7.49. The highest BCUT2D eigenvalue weighted by molar-refractivity contribution is 7.87. The molecule has 8 nitrogen and oxygen atoms in total. The Morgan fingerprint density at radius 1 is 1.21 bits per heavy atom. The van der Waals surface area contributed by atoms with E-state index < -0.39 is 40.6 Å². The molecule has 0 atom stereocenters. The number of aromatic nitrogens is 2. The Morgan fingerprint density at radius 2 is 1.89 bits per heavy atom. The van der Waals surface area contributed by atoms with E-state index >= 15 is 0 Å². The zero-order valence-corrected chi connectivity index (χ0v) is 16.8. The van der Waals surface area contributed by atoms with Gasteiger partial charge in [0.05, 0.1) is 11.8 Å². The third-order valence-electron chi connectivity index (χ3n) is 4.63. The summed E-state index contributed by atoms with van der Waals surface area (Å²) < 4.78 is 67.5. The lowest BCUT2D eigenvalue weighted by Gasteiger charge is -2.12. The first-order valence-electron chi connectivity index (χ1n) is 8.53. The lowest BCUT2D eigenvalue weighted by atomic mass is 10.2. The minimum atomic E-state index is -4.45. The van der Waals surface area contributed by atoms with Crippen LogP contribution in [-0.2, 0) is 29.8 Å². The molecule has 28 heavy (non-hydrogen) atoms. The summed E-state index contributed by atoms with van der Waals surface area (Å²) in [7, 11) is -3.62. The third kappa shape index (κ3) is 3.75. The van der Waals surface area contributed by atoms with Crippen LogP contribution in [0.15, 0.2) is 9.59 Å². The molecule has 0 bridgehead atoms. The van der Waals surface area contributed by atoms with Gasteiger partial charge in [-0.25, -0.2) is 9.52 Å². The van der Waals surface area contributed by atoms with Crippen LogP contribution in [0.1, 0.15) is 23.8 Å². The largest absolute Gasteiger partial charge is 0.390 e. The Bertz CT molecular complexity index is 1130. The number of halogens is 3. The number of fused-ring (bicyclic) bond motifs is 1. The van der Waals surface area contributed by atoms with Crippen molar-refractivity contribution in [2.24, 2.45) is 0 Å². The van der Waals surface area contributed by atoms with Gasteiger partial charge in [-0.1, -0.05) is 0 Å². The van der Waals surface area contributed by atoms with Gasteiger partial charge in [-0.2, -0.15) is 25.9 Å². The molecule has 1 aliphatic rings. The number of nitrogens with one attached hydrogen (secondary N) is 1. The van der Waals surface area contributed by atoms with E-state index in [1.165, 1.54) is 4.31 Å². The molecule has 1 saturated heterocycles. The van der Waals surface area contributed by atoms with Gasteiger partial charge in [-0.15, -0.1) is 11.3 Å². The molecule has 0 unspecified atom stereocenters. The molecule has 1 fully saturated rings. The second-order valence-corrected chi connectivity index (χ2v) is 9.25. The van der Waals surface area contributed by atoms with E-state index in [0.29, 0.717) is 10.4 Å². The molecule has 2 aromatic rings. The Labute approximate surface area is 162 Å². The normalized spacial score (nSPS) is 17.6. The minimum absolute atomic E-state index is 0.0143. The van der Waals surface area contributed by atoms with Crippen LogP contribution in [0.25, 0.3) is 10.2 Å². The average molecular weight is 440 g/mol. The zero-order valence-electron chi connectivity index (χ0n) is 15.2. The predicted octanol–water partition coefficient (Wildman–Crippen LogP) is 1.16. The van der Waals surface area contributed by atoms with Crippen molar-refractivity contribution in [2.75, 3.05) is 13.1 Å². The number of alkyl halides is 3. The van der Waals surface area contributed by atoms with Gasteiger partial charge in [0, 0.05) is 37.6 Å². The molecule has 13 heteroatoms. The van der Waals surface area contributed by atoms with E-state index in [9.17, 15) is 31.2 Å². The predicted molar refractivity (Wildman–Crippen MR) is 98.8 cm³/mol. The van der Waals surface area contributed by atoms with Crippen LogP contribution in [0.5, 0.6) is 0 Å². The smallest absolute Gasteiger partial charge is 0.284 e. The van der Waals surface area contributed by atoms with Crippen molar-refractivity contribution < 1.29 is 21.6 Å². The van der Waals surface area contributed by atoms with Gasteiger partial charge in [0.2, 0.25) is 0 Å². The van der Waals surface area contributed by atoms with Gasteiger partial charge in [0.15, 0.2) is 0 Å². The second-order valence-electron chi connectivity index (χ2n) is 6.41. The fourth-order valence-corrected chi connectivity index (χ4v) is 5.72. The van der Waals surface area contributed by atoms with Crippen LogP contribution < -0.4 is 16.0 Å². The Kier molecular flexibility index (Phi) is 5.47. The van der Waals surface area contributed by atoms with Crippen molar-refractivity contribution in [3.63, 3.8) is 0 Å². The maximum Gasteiger partial charge on any atom is 0.390 e. The van der Waals surface area contributed by atoms with E-state index in [4.69, 9.17) is 0 Å². The van der Waals surface area contributed by atoms with Gasteiger partial charge in [-0.05, 0) is 19.4 Å². The van der Waals surface area contributed by atoms with Crippen molar-refractivity contribution in [1.29, 1.82) is 0 Å². The van der Waals surface area contributed by atoms with E-state index in [1.54, 1.807) is 13.8 Å². The highest BCUT2D eigenvalue weighted by Crippen LogP contribution is 2.31. The molecule has 0 saturated carbocycles. The summed E-state index contributed by atoms with van der Waals surface area (Å²) in [6.07, 6.45) is -5.66. The maximum atomic E-state index is 12.7. The summed E-state index contributed by atoms with van der Waals surface area (Å²) in [5.41, 5.74) is -0.893. The summed E-state index contributed by atoms with van der Waals surface area (Å²) in [5.74, 6) is 0. The van der Waals surface area contributed by atoms with Crippen molar-refractivity contribution in [1.82, 2.24) is 18.2 Å². The molecule has 0 aromatic carbocycles. The first kappa shape index (κ1) is 21.0. The first-order chi connectivity index (χ1) is 13.0. The fraction of sp³-hybridized carbons (Fsp3) is 0.600. The Balaban J connectivity index is 2.17. The van der Waals surface area contributed by atoms with Crippen molar-refractivity contribution in [3.05, 3.63) is 31.3 Å². The van der Waals surface area contributed by atoms with Crippen LogP contribution in [0.3, 0.4) is 0 Å².